The minimum atomic E-state index is 0. The van der Waals surface area contributed by atoms with E-state index in [0.717, 1.165) is 34.7 Å². The molecule has 144 valence electrons. The van der Waals surface area contributed by atoms with Crippen LogP contribution in [0.4, 0.5) is 0 Å². The van der Waals surface area contributed by atoms with Crippen molar-refractivity contribution in [3.8, 4) is 34.3 Å². The van der Waals surface area contributed by atoms with Gasteiger partial charge in [-0.15, -0.1) is 22.0 Å². The first-order valence-corrected chi connectivity index (χ1v) is 10.2. The van der Waals surface area contributed by atoms with Crippen LogP contribution in [-0.4, -0.2) is 25.9 Å². The fourth-order valence-electron chi connectivity index (χ4n) is 2.81. The highest BCUT2D eigenvalue weighted by atomic mass is 32.2. The molecule has 0 aliphatic carbocycles. The summed E-state index contributed by atoms with van der Waals surface area (Å²) in [4.78, 5) is 10.6. The standard InChI is InChI=1S/C22H20N4OS.2H2/c1-3-13-28-19-12-8-7-11-17(19)18-14-23-15(2)20(24-18)22-26-25-21(27-22)16-9-5-4-6-10-16;;/h4-12,14H,3,13H2,1-2H3;2*1H. The zero-order valence-corrected chi connectivity index (χ0v) is 16.6. The number of rotatable bonds is 6. The highest BCUT2D eigenvalue weighted by Crippen LogP contribution is 2.32. The van der Waals surface area contributed by atoms with Crippen molar-refractivity contribution in [1.29, 1.82) is 0 Å². The Morgan fingerprint density at radius 3 is 2.54 bits per heavy atom. The van der Waals surface area contributed by atoms with Gasteiger partial charge in [0.15, 0.2) is 0 Å². The summed E-state index contributed by atoms with van der Waals surface area (Å²) in [6.45, 7) is 4.08. The van der Waals surface area contributed by atoms with Crippen molar-refractivity contribution in [3.63, 3.8) is 0 Å². The van der Waals surface area contributed by atoms with Crippen molar-refractivity contribution in [1.82, 2.24) is 20.2 Å². The second-order valence-electron chi connectivity index (χ2n) is 6.31. The number of nitrogens with zero attached hydrogens (tertiary/aromatic N) is 4. The molecule has 0 fully saturated rings. The third kappa shape index (κ3) is 3.82. The van der Waals surface area contributed by atoms with E-state index >= 15 is 0 Å². The number of hydrogen-bond donors (Lipinski definition) is 0. The minimum absolute atomic E-state index is 0. The van der Waals surface area contributed by atoms with Gasteiger partial charge in [0, 0.05) is 18.9 Å². The van der Waals surface area contributed by atoms with Crippen LogP contribution >= 0.6 is 11.8 Å². The fraction of sp³-hybridized carbons (Fsp3) is 0.182. The molecule has 0 atom stereocenters. The highest BCUT2D eigenvalue weighted by molar-refractivity contribution is 7.99. The van der Waals surface area contributed by atoms with Gasteiger partial charge in [0.25, 0.3) is 5.89 Å². The fourth-order valence-corrected chi connectivity index (χ4v) is 3.74. The Hall–Kier alpha value is -2.99. The second-order valence-corrected chi connectivity index (χ2v) is 7.45. The van der Waals surface area contributed by atoms with Crippen LogP contribution in [-0.2, 0) is 0 Å². The third-order valence-electron chi connectivity index (χ3n) is 4.23. The molecule has 0 bridgehead atoms. The van der Waals surface area contributed by atoms with Crippen molar-refractivity contribution < 1.29 is 7.27 Å². The van der Waals surface area contributed by atoms with Gasteiger partial charge in [0.05, 0.1) is 17.6 Å². The van der Waals surface area contributed by atoms with Crippen LogP contribution in [0.25, 0.3) is 34.3 Å². The molecule has 0 spiro atoms. The van der Waals surface area contributed by atoms with E-state index in [-0.39, 0.29) is 2.85 Å². The zero-order chi connectivity index (χ0) is 19.3. The molecule has 2 heterocycles. The summed E-state index contributed by atoms with van der Waals surface area (Å²) in [5.74, 6) is 1.92. The molecule has 0 aliphatic heterocycles. The van der Waals surface area contributed by atoms with E-state index in [9.17, 15) is 0 Å². The van der Waals surface area contributed by atoms with Crippen molar-refractivity contribution in [2.45, 2.75) is 25.2 Å². The first kappa shape index (κ1) is 18.4. The van der Waals surface area contributed by atoms with E-state index in [2.05, 4.69) is 34.2 Å². The molecule has 0 unspecified atom stereocenters. The SMILES string of the molecule is CCCSc1ccccc1-c1cnc(C)c(-c2nnc(-c3ccccc3)o2)n1.[HH].[HH]. The normalized spacial score (nSPS) is 10.9. The Morgan fingerprint density at radius 2 is 1.71 bits per heavy atom. The van der Waals surface area contributed by atoms with E-state index in [1.807, 2.05) is 61.2 Å². The molecule has 2 aromatic carbocycles. The summed E-state index contributed by atoms with van der Waals surface area (Å²) < 4.78 is 5.89. The highest BCUT2D eigenvalue weighted by Gasteiger charge is 2.17. The van der Waals surface area contributed by atoms with Gasteiger partial charge in [-0.3, -0.25) is 4.98 Å². The first-order valence-electron chi connectivity index (χ1n) is 9.21. The minimum Gasteiger partial charge on any atom is -0.415 e. The average molecular weight is 393 g/mol. The van der Waals surface area contributed by atoms with Crippen molar-refractivity contribution in [2.75, 3.05) is 5.75 Å². The second kappa shape index (κ2) is 8.35. The van der Waals surface area contributed by atoms with E-state index in [0.29, 0.717) is 17.5 Å². The van der Waals surface area contributed by atoms with Gasteiger partial charge in [0.1, 0.15) is 5.69 Å². The van der Waals surface area contributed by atoms with Crippen LogP contribution < -0.4 is 0 Å². The Morgan fingerprint density at radius 1 is 0.964 bits per heavy atom. The summed E-state index contributed by atoms with van der Waals surface area (Å²) in [5.41, 5.74) is 4.12. The molecular formula is C22H24N4OS. The summed E-state index contributed by atoms with van der Waals surface area (Å²) in [6, 6.07) is 18.0. The lowest BCUT2D eigenvalue weighted by molar-refractivity contribution is 0.581. The molecule has 2 aromatic heterocycles. The van der Waals surface area contributed by atoms with E-state index in [1.54, 1.807) is 6.20 Å². The van der Waals surface area contributed by atoms with E-state index in [1.165, 1.54) is 4.90 Å². The van der Waals surface area contributed by atoms with Crippen LogP contribution in [0.1, 0.15) is 21.9 Å². The van der Waals surface area contributed by atoms with Crippen LogP contribution in [0, 0.1) is 6.92 Å². The molecule has 0 radical (unpaired) electrons. The lowest BCUT2D eigenvalue weighted by atomic mass is 10.1. The Labute approximate surface area is 171 Å². The monoisotopic (exact) mass is 392 g/mol. The van der Waals surface area contributed by atoms with Crippen LogP contribution in [0.2, 0.25) is 0 Å². The lowest BCUT2D eigenvalue weighted by Gasteiger charge is -2.09. The van der Waals surface area contributed by atoms with Crippen molar-refractivity contribution in [3.05, 3.63) is 66.5 Å². The zero-order valence-electron chi connectivity index (χ0n) is 15.8. The van der Waals surface area contributed by atoms with Crippen LogP contribution in [0.5, 0.6) is 0 Å². The maximum absolute atomic E-state index is 5.89. The molecule has 0 N–H and O–H groups in total. The Kier molecular flexibility index (Phi) is 5.48. The molecule has 0 saturated heterocycles. The lowest BCUT2D eigenvalue weighted by Crippen LogP contribution is -1.96. The molecule has 0 amide bonds. The summed E-state index contributed by atoms with van der Waals surface area (Å²) >= 11 is 1.83. The molecule has 4 rings (SSSR count). The first-order chi connectivity index (χ1) is 13.8. The maximum atomic E-state index is 5.89. The van der Waals surface area contributed by atoms with Crippen molar-refractivity contribution >= 4 is 11.8 Å². The van der Waals surface area contributed by atoms with Gasteiger partial charge in [-0.2, -0.15) is 0 Å². The van der Waals surface area contributed by atoms with Gasteiger partial charge >= 0.3 is 0 Å². The average Bonchev–Trinajstić information content (AvgIpc) is 3.23. The number of aryl methyl sites for hydroxylation is 1. The summed E-state index contributed by atoms with van der Waals surface area (Å²) in [5, 5.41) is 8.38. The van der Waals surface area contributed by atoms with Crippen LogP contribution in [0.15, 0.2) is 70.1 Å². The molecule has 4 aromatic rings. The van der Waals surface area contributed by atoms with Gasteiger partial charge in [-0.1, -0.05) is 43.3 Å². The van der Waals surface area contributed by atoms with E-state index in [4.69, 9.17) is 9.40 Å². The largest absolute Gasteiger partial charge is 0.415 e. The van der Waals surface area contributed by atoms with Gasteiger partial charge in [-0.25, -0.2) is 4.98 Å². The predicted molar refractivity (Wildman–Crippen MR) is 116 cm³/mol. The summed E-state index contributed by atoms with van der Waals surface area (Å²) in [7, 11) is 0. The molecule has 6 heteroatoms. The van der Waals surface area contributed by atoms with Gasteiger partial charge in [0.2, 0.25) is 5.89 Å². The molecule has 28 heavy (non-hydrogen) atoms. The number of aromatic nitrogens is 4. The maximum Gasteiger partial charge on any atom is 0.268 e. The topological polar surface area (TPSA) is 64.7 Å². The Bertz CT molecular complexity index is 1090. The molecular weight excluding hydrogens is 368 g/mol. The van der Waals surface area contributed by atoms with Crippen LogP contribution in [0.3, 0.4) is 0 Å². The third-order valence-corrected chi connectivity index (χ3v) is 5.51. The van der Waals surface area contributed by atoms with Gasteiger partial charge < -0.3 is 4.42 Å². The number of benzene rings is 2. The van der Waals surface area contributed by atoms with Gasteiger partial charge in [-0.05, 0) is 37.3 Å². The molecule has 0 aliphatic rings. The quantitative estimate of drug-likeness (QED) is 0.366. The van der Waals surface area contributed by atoms with Crippen molar-refractivity contribution in [2.24, 2.45) is 0 Å². The van der Waals surface area contributed by atoms with E-state index < -0.39 is 0 Å². The molecule has 0 saturated carbocycles. The predicted octanol–water partition coefficient (Wildman–Crippen LogP) is 6.16. The molecule has 5 nitrogen and oxygen atoms in total. The number of thioether (sulfide) groups is 1. The summed E-state index contributed by atoms with van der Waals surface area (Å²) in [6.07, 6.45) is 2.92. The Balaban J connectivity index is 0.00000160. The smallest absolute Gasteiger partial charge is 0.268 e. The number of hydrogen-bond acceptors (Lipinski definition) is 6.